The predicted octanol–water partition coefficient (Wildman–Crippen LogP) is 4.85. The van der Waals surface area contributed by atoms with Gasteiger partial charge >= 0.3 is 0 Å². The van der Waals surface area contributed by atoms with E-state index in [1.54, 1.807) is 35.7 Å². The molecule has 0 fully saturated rings. The van der Waals surface area contributed by atoms with E-state index in [4.69, 9.17) is 12.2 Å². The summed E-state index contributed by atoms with van der Waals surface area (Å²) in [7, 11) is 0. The number of nitro benzene ring substituents is 1. The average molecular weight is 476 g/mol. The van der Waals surface area contributed by atoms with Crippen LogP contribution >= 0.6 is 12.2 Å². The van der Waals surface area contributed by atoms with Crippen molar-refractivity contribution in [1.82, 2.24) is 9.83 Å². The number of nitrogens with zero attached hydrogens (tertiary/aromatic N) is 3. The van der Waals surface area contributed by atoms with E-state index in [2.05, 4.69) is 15.8 Å². The highest BCUT2D eigenvalue weighted by molar-refractivity contribution is 7.80. The Bertz CT molecular complexity index is 1450. The Hall–Kier alpha value is -4.44. The molecular weight excluding hydrogens is 457 g/mol. The molecule has 0 aliphatic rings. The number of hydrogen-bond acceptors (Lipinski definition) is 5. The van der Waals surface area contributed by atoms with Gasteiger partial charge in [-0.05, 0) is 67.2 Å². The zero-order valence-electron chi connectivity index (χ0n) is 17.9. The van der Waals surface area contributed by atoms with Gasteiger partial charge in [-0.3, -0.25) is 20.3 Å². The second kappa shape index (κ2) is 9.59. The fourth-order valence-corrected chi connectivity index (χ4v) is 3.75. The Labute approximate surface area is 198 Å². The van der Waals surface area contributed by atoms with Crippen LogP contribution in [0.2, 0.25) is 0 Å². The number of nitro groups is 1. The third-order valence-corrected chi connectivity index (χ3v) is 5.36. The van der Waals surface area contributed by atoms with E-state index < -0.39 is 10.7 Å². The molecule has 4 aromatic rings. The summed E-state index contributed by atoms with van der Waals surface area (Å²) in [6.07, 6.45) is 3.30. The highest BCUT2D eigenvalue weighted by Crippen LogP contribution is 2.25. The summed E-state index contributed by atoms with van der Waals surface area (Å²) in [5.74, 6) is -0.669. The van der Waals surface area contributed by atoms with Crippen molar-refractivity contribution in [3.05, 3.63) is 111 Å². The quantitative estimate of drug-likeness (QED) is 0.136. The van der Waals surface area contributed by atoms with Crippen LogP contribution in [-0.2, 0) is 0 Å². The summed E-state index contributed by atoms with van der Waals surface area (Å²) in [5.41, 5.74) is 5.68. The summed E-state index contributed by atoms with van der Waals surface area (Å²) >= 11 is 5.20. The first-order valence-corrected chi connectivity index (χ1v) is 10.5. The number of anilines is 1. The van der Waals surface area contributed by atoms with Crippen molar-refractivity contribution in [2.24, 2.45) is 5.10 Å². The molecule has 0 spiro atoms. The molecule has 10 heteroatoms. The van der Waals surface area contributed by atoms with Crippen LogP contribution in [0.15, 0.2) is 78.0 Å². The molecule has 34 heavy (non-hydrogen) atoms. The normalized spacial score (nSPS) is 11.0. The van der Waals surface area contributed by atoms with Gasteiger partial charge in [-0.15, -0.1) is 0 Å². The fraction of sp³-hybridized carbons (Fsp3) is 0.0417. The van der Waals surface area contributed by atoms with Gasteiger partial charge in [0, 0.05) is 23.4 Å². The molecular formula is C24H18FN5O3S. The van der Waals surface area contributed by atoms with Crippen molar-refractivity contribution in [2.75, 3.05) is 5.32 Å². The molecule has 0 saturated carbocycles. The van der Waals surface area contributed by atoms with Crippen LogP contribution in [0, 0.1) is 22.9 Å². The number of aromatic nitrogens is 1. The second-order valence-electron chi connectivity index (χ2n) is 7.28. The lowest BCUT2D eigenvalue weighted by atomic mass is 10.0. The highest BCUT2D eigenvalue weighted by Gasteiger charge is 2.21. The first kappa shape index (κ1) is 22.7. The number of carbonyl (C=O) groups excluding carboxylic acids is 1. The standard InChI is InChI=1S/C24H18FN5O3S/c1-15-18(14-26-28-24(34)27-19-6-2-3-8-21(19)30(32)33)20-7-4-5-13-29(20)22(15)23(31)16-9-11-17(25)12-10-16/h2-14H,1H3,(H2,27,28,34)/b26-14-. The van der Waals surface area contributed by atoms with Gasteiger partial charge in [-0.1, -0.05) is 18.2 Å². The summed E-state index contributed by atoms with van der Waals surface area (Å²) < 4.78 is 15.1. The van der Waals surface area contributed by atoms with Gasteiger partial charge in [0.25, 0.3) is 5.69 Å². The molecule has 0 aliphatic carbocycles. The number of para-hydroxylation sites is 2. The molecule has 0 atom stereocenters. The number of hydrazone groups is 1. The van der Waals surface area contributed by atoms with Crippen LogP contribution in [0.5, 0.6) is 0 Å². The van der Waals surface area contributed by atoms with Gasteiger partial charge in [-0.2, -0.15) is 5.10 Å². The van der Waals surface area contributed by atoms with E-state index in [9.17, 15) is 19.3 Å². The van der Waals surface area contributed by atoms with E-state index >= 15 is 0 Å². The number of ketones is 1. The number of thiocarbonyl (C=S) groups is 1. The topological polar surface area (TPSA) is 101 Å². The van der Waals surface area contributed by atoms with E-state index in [-0.39, 0.29) is 22.3 Å². The molecule has 4 rings (SSSR count). The Morgan fingerprint density at radius 3 is 2.56 bits per heavy atom. The summed E-state index contributed by atoms with van der Waals surface area (Å²) in [6.45, 7) is 1.80. The monoisotopic (exact) mass is 475 g/mol. The molecule has 0 bridgehead atoms. The Morgan fingerprint density at radius 1 is 1.12 bits per heavy atom. The maximum Gasteiger partial charge on any atom is 0.292 e. The molecule has 2 N–H and O–H groups in total. The van der Waals surface area contributed by atoms with Crippen LogP contribution in [-0.4, -0.2) is 26.4 Å². The molecule has 0 aliphatic heterocycles. The number of halogens is 1. The summed E-state index contributed by atoms with van der Waals surface area (Å²) in [4.78, 5) is 23.8. The van der Waals surface area contributed by atoms with Gasteiger partial charge < -0.3 is 9.72 Å². The molecule has 2 heterocycles. The van der Waals surface area contributed by atoms with Crippen molar-refractivity contribution in [2.45, 2.75) is 6.92 Å². The third kappa shape index (κ3) is 4.52. The summed E-state index contributed by atoms with van der Waals surface area (Å²) in [5, 5.41) is 18.1. The Kier molecular flexibility index (Phi) is 6.42. The lowest BCUT2D eigenvalue weighted by Gasteiger charge is -2.07. The van der Waals surface area contributed by atoms with Crippen LogP contribution in [0.25, 0.3) is 5.52 Å². The van der Waals surface area contributed by atoms with Gasteiger partial charge in [0.15, 0.2) is 5.11 Å². The number of benzene rings is 2. The lowest BCUT2D eigenvalue weighted by Crippen LogP contribution is -2.24. The van der Waals surface area contributed by atoms with Crippen molar-refractivity contribution >= 4 is 46.2 Å². The fourth-order valence-electron chi connectivity index (χ4n) is 3.58. The molecule has 0 amide bonds. The molecule has 0 radical (unpaired) electrons. The van der Waals surface area contributed by atoms with Crippen molar-refractivity contribution < 1.29 is 14.1 Å². The number of hydrogen-bond donors (Lipinski definition) is 2. The SMILES string of the molecule is Cc1c(/C=N\NC(=S)Nc2ccccc2[N+](=O)[O-])c2ccccn2c1C(=O)c1ccc(F)cc1. The summed E-state index contributed by atoms with van der Waals surface area (Å²) in [6, 6.07) is 17.0. The zero-order chi connectivity index (χ0) is 24.2. The van der Waals surface area contributed by atoms with E-state index in [0.717, 1.165) is 5.52 Å². The number of rotatable bonds is 6. The lowest BCUT2D eigenvalue weighted by molar-refractivity contribution is -0.383. The van der Waals surface area contributed by atoms with Crippen LogP contribution in [0.4, 0.5) is 15.8 Å². The van der Waals surface area contributed by atoms with E-state index in [1.807, 2.05) is 12.1 Å². The molecule has 8 nitrogen and oxygen atoms in total. The first-order chi connectivity index (χ1) is 16.4. The molecule has 170 valence electrons. The van der Waals surface area contributed by atoms with E-state index in [0.29, 0.717) is 22.4 Å². The van der Waals surface area contributed by atoms with Gasteiger partial charge in [0.2, 0.25) is 5.78 Å². The number of fused-ring (bicyclic) bond motifs is 1. The maximum atomic E-state index is 13.3. The van der Waals surface area contributed by atoms with Crippen LogP contribution in [0.3, 0.4) is 0 Å². The number of nitrogens with one attached hydrogen (secondary N) is 2. The minimum atomic E-state index is -0.509. The molecule has 0 unspecified atom stereocenters. The van der Waals surface area contributed by atoms with Gasteiger partial charge in [0.1, 0.15) is 11.5 Å². The van der Waals surface area contributed by atoms with Crippen LogP contribution < -0.4 is 10.7 Å². The predicted molar refractivity (Wildman–Crippen MR) is 132 cm³/mol. The minimum absolute atomic E-state index is 0.0642. The second-order valence-corrected chi connectivity index (χ2v) is 7.69. The van der Waals surface area contributed by atoms with Crippen molar-refractivity contribution in [3.8, 4) is 0 Å². The van der Waals surface area contributed by atoms with Crippen molar-refractivity contribution in [3.63, 3.8) is 0 Å². The number of pyridine rings is 1. The largest absolute Gasteiger partial charge is 0.326 e. The number of carbonyl (C=O) groups is 1. The first-order valence-electron chi connectivity index (χ1n) is 10.1. The Morgan fingerprint density at radius 2 is 1.82 bits per heavy atom. The maximum absolute atomic E-state index is 13.3. The molecule has 2 aromatic carbocycles. The average Bonchev–Trinajstić information content (AvgIpc) is 3.10. The minimum Gasteiger partial charge on any atom is -0.326 e. The highest BCUT2D eigenvalue weighted by atomic mass is 32.1. The van der Waals surface area contributed by atoms with Crippen molar-refractivity contribution in [1.29, 1.82) is 0 Å². The molecule has 2 aromatic heterocycles. The smallest absolute Gasteiger partial charge is 0.292 e. The zero-order valence-corrected chi connectivity index (χ0v) is 18.7. The van der Waals surface area contributed by atoms with Gasteiger partial charge in [0.05, 0.1) is 22.3 Å². The van der Waals surface area contributed by atoms with Gasteiger partial charge in [-0.25, -0.2) is 4.39 Å². The van der Waals surface area contributed by atoms with E-state index in [1.165, 1.54) is 42.6 Å². The van der Waals surface area contributed by atoms with Crippen LogP contribution in [0.1, 0.15) is 27.2 Å². The molecule has 0 saturated heterocycles. The Balaban J connectivity index is 1.60. The third-order valence-electron chi connectivity index (χ3n) is 5.17.